The highest BCUT2D eigenvalue weighted by molar-refractivity contribution is 14.1. The summed E-state index contributed by atoms with van der Waals surface area (Å²) >= 11 is 1.95. The van der Waals surface area contributed by atoms with Crippen LogP contribution in [0.25, 0.3) is 11.2 Å². The van der Waals surface area contributed by atoms with Crippen molar-refractivity contribution < 1.29 is 9.53 Å². The zero-order chi connectivity index (χ0) is 17.5. The molecule has 0 radical (unpaired) electrons. The van der Waals surface area contributed by atoms with Crippen molar-refractivity contribution in [1.82, 2.24) is 24.4 Å². The van der Waals surface area contributed by atoms with Crippen LogP contribution in [-0.2, 0) is 4.74 Å². The van der Waals surface area contributed by atoms with Crippen LogP contribution in [0.3, 0.4) is 0 Å². The number of halogens is 1. The molecular formula is C14H19IN6O3. The number of hydrogen-bond acceptors (Lipinski definition) is 6. The van der Waals surface area contributed by atoms with Gasteiger partial charge in [-0.1, -0.05) is 0 Å². The second-order valence-electron chi connectivity index (χ2n) is 6.68. The Morgan fingerprint density at radius 3 is 2.88 bits per heavy atom. The lowest BCUT2D eigenvalue weighted by molar-refractivity contribution is 0.0289. The van der Waals surface area contributed by atoms with Gasteiger partial charge in [-0.2, -0.15) is 0 Å². The Bertz CT molecular complexity index is 824. The molecule has 130 valence electrons. The van der Waals surface area contributed by atoms with Crippen LogP contribution < -0.4 is 9.22 Å². The molecule has 3 heterocycles. The van der Waals surface area contributed by atoms with Gasteiger partial charge in [0.05, 0.1) is 28.9 Å². The van der Waals surface area contributed by atoms with Crippen LogP contribution in [0.15, 0.2) is 11.1 Å². The van der Waals surface area contributed by atoms with Gasteiger partial charge in [-0.3, -0.25) is 4.57 Å². The number of imidazole rings is 1. The first-order valence-corrected chi connectivity index (χ1v) is 8.68. The molecule has 3 rings (SSSR count). The number of rotatable bonds is 2. The number of hydrogen-bond donors (Lipinski definition) is 2. The number of nitrogens with zero attached hydrogens (tertiary/aromatic N) is 4. The Labute approximate surface area is 152 Å². The van der Waals surface area contributed by atoms with E-state index < -0.39 is 5.60 Å². The number of carbonyl (C=O) groups excluding carboxylic acids is 1. The third-order valence-electron chi connectivity index (χ3n) is 3.78. The number of carbonyl (C=O) groups is 1. The van der Waals surface area contributed by atoms with Gasteiger partial charge in [0.25, 0.3) is 0 Å². The first-order valence-electron chi connectivity index (χ1n) is 7.60. The molecule has 0 spiro atoms. The molecule has 1 saturated heterocycles. The van der Waals surface area contributed by atoms with Crippen LogP contribution in [0.5, 0.6) is 0 Å². The van der Waals surface area contributed by atoms with E-state index in [2.05, 4.69) is 18.5 Å². The molecule has 0 aliphatic carbocycles. The van der Waals surface area contributed by atoms with E-state index in [-0.39, 0.29) is 17.8 Å². The van der Waals surface area contributed by atoms with Gasteiger partial charge in [0.2, 0.25) is 0 Å². The zero-order valence-electron chi connectivity index (χ0n) is 13.7. The molecule has 2 N–H and O–H groups in total. The standard InChI is InChI=1S/C14H19IN6O3/c1-14(2,3)24-13(23)20-5-4-8(6-20)21-11-9(18-12(21)22)10(19-15)16-7-17-11/h7-8H,4-6H2,1-3H3,(H,18,22)(H,16,17,19). The van der Waals surface area contributed by atoms with Gasteiger partial charge >= 0.3 is 11.8 Å². The Balaban J connectivity index is 1.87. The van der Waals surface area contributed by atoms with Crippen LogP contribution in [0.4, 0.5) is 10.6 Å². The minimum Gasteiger partial charge on any atom is -0.444 e. The Morgan fingerprint density at radius 1 is 1.46 bits per heavy atom. The highest BCUT2D eigenvalue weighted by Gasteiger charge is 2.32. The van der Waals surface area contributed by atoms with Crippen molar-refractivity contribution in [2.24, 2.45) is 0 Å². The van der Waals surface area contributed by atoms with Gasteiger partial charge < -0.3 is 18.2 Å². The fraction of sp³-hybridized carbons (Fsp3) is 0.571. The minimum absolute atomic E-state index is 0.143. The molecule has 1 aliphatic heterocycles. The molecule has 1 fully saturated rings. The van der Waals surface area contributed by atoms with Crippen molar-refractivity contribution in [2.45, 2.75) is 38.8 Å². The molecule has 1 amide bonds. The summed E-state index contributed by atoms with van der Waals surface area (Å²) in [5, 5.41) is 0. The summed E-state index contributed by atoms with van der Waals surface area (Å²) in [5.74, 6) is 0.554. The number of fused-ring (bicyclic) bond motifs is 1. The number of aromatic nitrogens is 4. The largest absolute Gasteiger partial charge is 0.444 e. The maximum absolute atomic E-state index is 12.4. The number of amides is 1. The first kappa shape index (κ1) is 17.0. The van der Waals surface area contributed by atoms with Gasteiger partial charge in [0.15, 0.2) is 11.5 Å². The fourth-order valence-corrected chi connectivity index (χ4v) is 3.20. The van der Waals surface area contributed by atoms with Crippen molar-refractivity contribution in [3.8, 4) is 0 Å². The van der Waals surface area contributed by atoms with Crippen LogP contribution in [0, 0.1) is 0 Å². The topological polar surface area (TPSA) is 105 Å². The lowest BCUT2D eigenvalue weighted by atomic mass is 10.2. The highest BCUT2D eigenvalue weighted by atomic mass is 127. The van der Waals surface area contributed by atoms with Crippen LogP contribution in [-0.4, -0.2) is 49.2 Å². The highest BCUT2D eigenvalue weighted by Crippen LogP contribution is 2.26. The second-order valence-corrected chi connectivity index (χ2v) is 7.22. The monoisotopic (exact) mass is 446 g/mol. The summed E-state index contributed by atoms with van der Waals surface area (Å²) in [6.45, 7) is 6.45. The molecule has 0 saturated carbocycles. The zero-order valence-corrected chi connectivity index (χ0v) is 15.8. The second kappa shape index (κ2) is 6.22. The molecule has 2 aromatic heterocycles. The van der Waals surface area contributed by atoms with Gasteiger partial charge in [0, 0.05) is 13.1 Å². The van der Waals surface area contributed by atoms with E-state index >= 15 is 0 Å². The molecule has 0 bridgehead atoms. The number of aromatic amines is 1. The Kier molecular flexibility index (Phi) is 4.40. The van der Waals surface area contributed by atoms with Crippen molar-refractivity contribution in [3.05, 3.63) is 16.8 Å². The molecule has 1 unspecified atom stereocenters. The summed E-state index contributed by atoms with van der Waals surface area (Å²) in [7, 11) is 0. The number of likely N-dealkylation sites (tertiary alicyclic amines) is 1. The van der Waals surface area contributed by atoms with Crippen molar-refractivity contribution in [2.75, 3.05) is 16.6 Å². The average Bonchev–Trinajstić information content (AvgIpc) is 3.08. The first-order chi connectivity index (χ1) is 11.3. The van der Waals surface area contributed by atoms with E-state index in [1.807, 2.05) is 43.6 Å². The summed E-state index contributed by atoms with van der Waals surface area (Å²) in [4.78, 5) is 37.3. The van der Waals surface area contributed by atoms with Gasteiger partial charge in [-0.25, -0.2) is 19.6 Å². The van der Waals surface area contributed by atoms with Gasteiger partial charge in [0.1, 0.15) is 17.4 Å². The fourth-order valence-electron chi connectivity index (χ4n) is 2.79. The lowest BCUT2D eigenvalue weighted by Crippen LogP contribution is -2.36. The molecule has 9 nitrogen and oxygen atoms in total. The van der Waals surface area contributed by atoms with Crippen LogP contribution >= 0.6 is 22.9 Å². The van der Waals surface area contributed by atoms with E-state index in [1.54, 1.807) is 9.47 Å². The number of H-pyrrole nitrogens is 1. The molecular weight excluding hydrogens is 427 g/mol. The van der Waals surface area contributed by atoms with E-state index in [1.165, 1.54) is 6.33 Å². The molecule has 1 aliphatic rings. The molecule has 1 atom stereocenters. The summed E-state index contributed by atoms with van der Waals surface area (Å²) in [6, 6.07) is -0.143. The smallest absolute Gasteiger partial charge is 0.410 e. The quantitative estimate of drug-likeness (QED) is 0.541. The van der Waals surface area contributed by atoms with Crippen LogP contribution in [0.1, 0.15) is 33.2 Å². The maximum Gasteiger partial charge on any atom is 0.410 e. The van der Waals surface area contributed by atoms with Crippen LogP contribution in [0.2, 0.25) is 0 Å². The van der Waals surface area contributed by atoms with Gasteiger partial charge in [-0.15, -0.1) is 0 Å². The van der Waals surface area contributed by atoms with Crippen molar-refractivity contribution >= 4 is 45.9 Å². The van der Waals surface area contributed by atoms with Gasteiger partial charge in [-0.05, 0) is 27.2 Å². The Morgan fingerprint density at radius 2 is 2.21 bits per heavy atom. The summed E-state index contributed by atoms with van der Waals surface area (Å²) in [6.07, 6.45) is 1.72. The molecule has 10 heteroatoms. The maximum atomic E-state index is 12.4. The minimum atomic E-state index is -0.541. The number of anilines is 1. The number of nitrogens with one attached hydrogen (secondary N) is 2. The molecule has 0 aromatic carbocycles. The SMILES string of the molecule is CC(C)(C)OC(=O)N1CCC(n2c(=O)[nH]c3c(NI)ncnc32)C1. The van der Waals surface area contributed by atoms with Crippen molar-refractivity contribution in [3.63, 3.8) is 0 Å². The van der Waals surface area contributed by atoms with E-state index in [4.69, 9.17) is 4.74 Å². The average molecular weight is 446 g/mol. The third kappa shape index (κ3) is 3.19. The van der Waals surface area contributed by atoms with E-state index in [0.29, 0.717) is 36.5 Å². The normalized spacial score (nSPS) is 18.2. The predicted molar refractivity (Wildman–Crippen MR) is 97.3 cm³/mol. The van der Waals surface area contributed by atoms with Crippen molar-refractivity contribution in [1.29, 1.82) is 0 Å². The summed E-state index contributed by atoms with van der Waals surface area (Å²) < 4.78 is 9.90. The van der Waals surface area contributed by atoms with E-state index in [9.17, 15) is 9.59 Å². The molecule has 2 aromatic rings. The molecule has 24 heavy (non-hydrogen) atoms. The predicted octanol–water partition coefficient (Wildman–Crippen LogP) is 2.06. The summed E-state index contributed by atoms with van der Waals surface area (Å²) in [5.41, 5.74) is 0.299. The number of ether oxygens (including phenoxy) is 1. The lowest BCUT2D eigenvalue weighted by Gasteiger charge is -2.24. The van der Waals surface area contributed by atoms with E-state index in [0.717, 1.165) is 0 Å². The Hall–Kier alpha value is -1.85. The third-order valence-corrected chi connectivity index (χ3v) is 4.29.